The van der Waals surface area contributed by atoms with Crippen LogP contribution in [0.3, 0.4) is 0 Å². The number of benzene rings is 1. The first-order valence-corrected chi connectivity index (χ1v) is 8.64. The number of amides is 1. The Hall–Kier alpha value is -2.33. The molecule has 2 atom stereocenters. The van der Waals surface area contributed by atoms with Crippen molar-refractivity contribution in [2.45, 2.75) is 43.9 Å². The first-order valence-electron chi connectivity index (χ1n) is 8.27. The number of halogens is 4. The van der Waals surface area contributed by atoms with E-state index in [1.54, 1.807) is 12.1 Å². The van der Waals surface area contributed by atoms with Crippen LogP contribution in [0.5, 0.6) is 0 Å². The molecule has 0 saturated carbocycles. The zero-order chi connectivity index (χ0) is 21.5. The number of carboxylic acids is 2. The number of hydrogen-bond donors (Lipinski definition) is 3. The summed E-state index contributed by atoms with van der Waals surface area (Å²) in [7, 11) is 0. The van der Waals surface area contributed by atoms with Crippen molar-refractivity contribution < 1.29 is 37.8 Å². The fourth-order valence-corrected chi connectivity index (χ4v) is 2.75. The number of piperidine rings is 1. The molecule has 1 aliphatic heterocycles. The highest BCUT2D eigenvalue weighted by Crippen LogP contribution is 2.19. The zero-order valence-electron chi connectivity index (χ0n) is 14.7. The van der Waals surface area contributed by atoms with Gasteiger partial charge < -0.3 is 20.8 Å². The third kappa shape index (κ3) is 7.35. The number of nitrogens with two attached hydrogens (primary N) is 1. The van der Waals surface area contributed by atoms with E-state index >= 15 is 0 Å². The van der Waals surface area contributed by atoms with E-state index in [1.165, 1.54) is 4.90 Å². The van der Waals surface area contributed by atoms with Crippen molar-refractivity contribution in [3.63, 3.8) is 0 Å². The molecule has 1 amide bonds. The number of rotatable bonds is 4. The number of aliphatic carboxylic acids is 2. The summed E-state index contributed by atoms with van der Waals surface area (Å²) in [4.78, 5) is 33.9. The molecule has 2 rings (SSSR count). The van der Waals surface area contributed by atoms with Crippen molar-refractivity contribution in [2.75, 3.05) is 6.54 Å². The topological polar surface area (TPSA) is 121 Å². The maximum Gasteiger partial charge on any atom is 0.490 e. The maximum absolute atomic E-state index is 12.4. The van der Waals surface area contributed by atoms with Gasteiger partial charge in [0.05, 0.1) is 6.04 Å². The molecule has 7 nitrogen and oxygen atoms in total. The van der Waals surface area contributed by atoms with Crippen molar-refractivity contribution in [1.82, 2.24) is 4.90 Å². The van der Waals surface area contributed by atoms with E-state index in [1.807, 2.05) is 12.1 Å². The van der Waals surface area contributed by atoms with E-state index in [0.29, 0.717) is 24.4 Å². The Morgan fingerprint density at radius 3 is 2.18 bits per heavy atom. The number of alkyl halides is 3. The first kappa shape index (κ1) is 23.7. The van der Waals surface area contributed by atoms with Gasteiger partial charge in [-0.15, -0.1) is 0 Å². The molecule has 0 aromatic heterocycles. The minimum Gasteiger partial charge on any atom is -0.480 e. The van der Waals surface area contributed by atoms with Crippen LogP contribution in [0.2, 0.25) is 5.02 Å². The molecule has 0 radical (unpaired) electrons. The van der Waals surface area contributed by atoms with Gasteiger partial charge in [0.15, 0.2) is 0 Å². The SMILES string of the molecule is NC(Cc1ccc(Cl)cc1)C(=O)N1CCCCC1C(=O)O.O=C(O)C(F)(F)F. The second-order valence-electron chi connectivity index (χ2n) is 6.12. The van der Waals surface area contributed by atoms with E-state index in [2.05, 4.69) is 0 Å². The number of carboxylic acid groups (broad SMARTS) is 2. The summed E-state index contributed by atoms with van der Waals surface area (Å²) in [5.41, 5.74) is 6.87. The van der Waals surface area contributed by atoms with Gasteiger partial charge in [-0.2, -0.15) is 13.2 Å². The van der Waals surface area contributed by atoms with Crippen LogP contribution in [-0.4, -0.2) is 57.8 Å². The lowest BCUT2D eigenvalue weighted by molar-refractivity contribution is -0.192. The van der Waals surface area contributed by atoms with Crippen LogP contribution in [-0.2, 0) is 20.8 Å². The van der Waals surface area contributed by atoms with Gasteiger partial charge in [0.1, 0.15) is 6.04 Å². The number of likely N-dealkylation sites (tertiary alicyclic amines) is 1. The molecule has 1 heterocycles. The summed E-state index contributed by atoms with van der Waals surface area (Å²) >= 11 is 5.81. The van der Waals surface area contributed by atoms with Gasteiger partial charge in [-0.05, 0) is 43.4 Å². The fraction of sp³-hybridized carbons (Fsp3) is 0.471. The summed E-state index contributed by atoms with van der Waals surface area (Å²) in [6.07, 6.45) is -2.57. The molecule has 0 bridgehead atoms. The summed E-state index contributed by atoms with van der Waals surface area (Å²) in [6, 6.07) is 5.65. The fourth-order valence-electron chi connectivity index (χ4n) is 2.63. The van der Waals surface area contributed by atoms with Crippen LogP contribution in [0.4, 0.5) is 13.2 Å². The molecule has 0 spiro atoms. The standard InChI is InChI=1S/C15H19ClN2O3.C2HF3O2/c16-11-6-4-10(5-7-11)9-12(17)14(19)18-8-2-1-3-13(18)15(20)21;3-2(4,5)1(6)7/h4-7,12-13H,1-3,8-9,17H2,(H,20,21);(H,6,7). The number of carbonyl (C=O) groups is 3. The molecule has 11 heteroatoms. The molecule has 1 aliphatic rings. The summed E-state index contributed by atoms with van der Waals surface area (Å²) in [5.74, 6) is -4.01. The predicted molar refractivity (Wildman–Crippen MR) is 93.8 cm³/mol. The van der Waals surface area contributed by atoms with Crippen LogP contribution in [0, 0.1) is 0 Å². The van der Waals surface area contributed by atoms with Crippen LogP contribution in [0.15, 0.2) is 24.3 Å². The molecular weight excluding hydrogens is 405 g/mol. The highest BCUT2D eigenvalue weighted by atomic mass is 35.5. The van der Waals surface area contributed by atoms with Crippen LogP contribution in [0.25, 0.3) is 0 Å². The molecule has 1 saturated heterocycles. The maximum atomic E-state index is 12.4. The minimum absolute atomic E-state index is 0.294. The van der Waals surface area contributed by atoms with Crippen LogP contribution >= 0.6 is 11.6 Å². The Bertz CT molecular complexity index is 697. The largest absolute Gasteiger partial charge is 0.490 e. The molecular formula is C17H20ClF3N2O5. The van der Waals surface area contributed by atoms with Crippen LogP contribution < -0.4 is 5.73 Å². The molecule has 2 unspecified atom stereocenters. The third-order valence-electron chi connectivity index (χ3n) is 4.00. The third-order valence-corrected chi connectivity index (χ3v) is 4.25. The molecule has 156 valence electrons. The lowest BCUT2D eigenvalue weighted by Gasteiger charge is -2.34. The Labute approximate surface area is 163 Å². The zero-order valence-corrected chi connectivity index (χ0v) is 15.4. The van der Waals surface area contributed by atoms with Crippen molar-refractivity contribution in [2.24, 2.45) is 5.73 Å². The monoisotopic (exact) mass is 424 g/mol. The van der Waals surface area contributed by atoms with Crippen LogP contribution in [0.1, 0.15) is 24.8 Å². The predicted octanol–water partition coefficient (Wildman–Crippen LogP) is 2.31. The Balaban J connectivity index is 0.000000480. The number of nitrogens with zero attached hydrogens (tertiary/aromatic N) is 1. The second kappa shape index (κ2) is 10.3. The van der Waals surface area contributed by atoms with E-state index in [0.717, 1.165) is 18.4 Å². The van der Waals surface area contributed by atoms with E-state index in [-0.39, 0.29) is 5.91 Å². The molecule has 1 aromatic rings. The number of hydrogen-bond acceptors (Lipinski definition) is 4. The molecule has 4 N–H and O–H groups in total. The Kier molecular flexibility index (Phi) is 8.70. The van der Waals surface area contributed by atoms with Gasteiger partial charge in [0.2, 0.25) is 5.91 Å². The second-order valence-corrected chi connectivity index (χ2v) is 6.56. The molecule has 1 fully saturated rings. The van der Waals surface area contributed by atoms with E-state index in [4.69, 9.17) is 27.2 Å². The Morgan fingerprint density at radius 1 is 1.18 bits per heavy atom. The molecule has 1 aromatic carbocycles. The van der Waals surface area contributed by atoms with E-state index in [9.17, 15) is 27.9 Å². The first-order chi connectivity index (χ1) is 12.9. The quantitative estimate of drug-likeness (QED) is 0.682. The van der Waals surface area contributed by atoms with Gasteiger partial charge >= 0.3 is 18.1 Å². The average molecular weight is 425 g/mol. The highest BCUT2D eigenvalue weighted by Gasteiger charge is 2.38. The smallest absolute Gasteiger partial charge is 0.480 e. The van der Waals surface area contributed by atoms with Gasteiger partial charge in [-0.1, -0.05) is 23.7 Å². The summed E-state index contributed by atoms with van der Waals surface area (Å²) < 4.78 is 31.7. The van der Waals surface area contributed by atoms with Crippen molar-refractivity contribution >= 4 is 29.4 Å². The lowest BCUT2D eigenvalue weighted by atomic mass is 9.99. The minimum atomic E-state index is -5.08. The van der Waals surface area contributed by atoms with Gasteiger partial charge in [-0.3, -0.25) is 4.79 Å². The van der Waals surface area contributed by atoms with Gasteiger partial charge in [0, 0.05) is 11.6 Å². The number of carbonyl (C=O) groups excluding carboxylic acids is 1. The highest BCUT2D eigenvalue weighted by molar-refractivity contribution is 6.30. The average Bonchev–Trinajstić information content (AvgIpc) is 2.62. The molecule has 0 aliphatic carbocycles. The van der Waals surface area contributed by atoms with Crippen molar-refractivity contribution in [3.8, 4) is 0 Å². The van der Waals surface area contributed by atoms with Crippen molar-refractivity contribution in [1.29, 1.82) is 0 Å². The van der Waals surface area contributed by atoms with Gasteiger partial charge in [-0.25, -0.2) is 9.59 Å². The summed E-state index contributed by atoms with van der Waals surface area (Å²) in [5, 5.41) is 17.0. The molecule has 28 heavy (non-hydrogen) atoms. The normalized spacial score (nSPS) is 17.9. The lowest BCUT2D eigenvalue weighted by Crippen LogP contribution is -2.54. The van der Waals surface area contributed by atoms with Crippen molar-refractivity contribution in [3.05, 3.63) is 34.9 Å². The summed E-state index contributed by atoms with van der Waals surface area (Å²) in [6.45, 7) is 0.462. The van der Waals surface area contributed by atoms with E-state index < -0.39 is 30.2 Å². The Morgan fingerprint density at radius 2 is 1.71 bits per heavy atom. The van der Waals surface area contributed by atoms with Gasteiger partial charge in [0.25, 0.3) is 0 Å².